The molecule has 7 heteroatoms. The molecule has 0 aliphatic carbocycles. The van der Waals surface area contributed by atoms with Gasteiger partial charge in [-0.1, -0.05) is 11.6 Å². The van der Waals surface area contributed by atoms with E-state index in [1.165, 1.54) is 17.4 Å². The lowest BCUT2D eigenvalue weighted by molar-refractivity contribution is -0.0497. The fourth-order valence-electron chi connectivity index (χ4n) is 1.32. The number of alkyl halides is 2. The van der Waals surface area contributed by atoms with Gasteiger partial charge in [0.05, 0.1) is 17.1 Å². The summed E-state index contributed by atoms with van der Waals surface area (Å²) < 4.78 is 28.3. The topological polar surface area (TPSA) is 34.1 Å². The molecule has 2 aromatic rings. The van der Waals surface area contributed by atoms with E-state index in [1.54, 1.807) is 23.8 Å². The fraction of sp³-hybridized carbons (Fsp3) is 0.182. The molecule has 3 nitrogen and oxygen atoms in total. The lowest BCUT2D eigenvalue weighted by Crippen LogP contribution is -2.03. The second-order valence-corrected chi connectivity index (χ2v) is 4.72. The highest BCUT2D eigenvalue weighted by Gasteiger charge is 2.08. The summed E-state index contributed by atoms with van der Waals surface area (Å²) in [5.74, 6) is -0.0324. The molecule has 0 aliphatic rings. The molecule has 1 aromatic carbocycles. The number of benzene rings is 1. The molecule has 0 atom stereocenters. The van der Waals surface area contributed by atoms with Crippen LogP contribution in [-0.4, -0.2) is 11.6 Å². The van der Waals surface area contributed by atoms with Gasteiger partial charge in [-0.15, -0.1) is 11.3 Å². The van der Waals surface area contributed by atoms with Crippen molar-refractivity contribution in [3.8, 4) is 5.75 Å². The van der Waals surface area contributed by atoms with Gasteiger partial charge < -0.3 is 10.1 Å². The Kier molecular flexibility index (Phi) is 4.33. The van der Waals surface area contributed by atoms with Crippen LogP contribution in [0.2, 0.25) is 5.02 Å². The molecular weight excluding hydrogens is 282 g/mol. The van der Waals surface area contributed by atoms with Gasteiger partial charge in [0.15, 0.2) is 0 Å². The lowest BCUT2D eigenvalue weighted by atomic mass is 10.3. The van der Waals surface area contributed by atoms with Crippen molar-refractivity contribution in [2.24, 2.45) is 0 Å². The SMILES string of the molecule is FC(F)Oc1ccc(NCc2cncs2)cc1Cl. The number of hydrogen-bond acceptors (Lipinski definition) is 4. The van der Waals surface area contributed by atoms with E-state index < -0.39 is 6.61 Å². The van der Waals surface area contributed by atoms with Gasteiger partial charge in [-0.05, 0) is 18.2 Å². The van der Waals surface area contributed by atoms with Crippen molar-refractivity contribution < 1.29 is 13.5 Å². The molecule has 0 saturated heterocycles. The molecule has 1 heterocycles. The third kappa shape index (κ3) is 3.54. The van der Waals surface area contributed by atoms with Crippen molar-refractivity contribution in [2.45, 2.75) is 13.2 Å². The Labute approximate surface area is 111 Å². The van der Waals surface area contributed by atoms with Crippen LogP contribution in [0.4, 0.5) is 14.5 Å². The molecular formula is C11H9ClF2N2OS. The van der Waals surface area contributed by atoms with Gasteiger partial charge in [0, 0.05) is 16.8 Å². The summed E-state index contributed by atoms with van der Waals surface area (Å²) in [6.45, 7) is -2.27. The predicted octanol–water partition coefficient (Wildman–Crippen LogP) is 4.01. The van der Waals surface area contributed by atoms with Crippen LogP contribution in [0, 0.1) is 0 Å². The Morgan fingerprint density at radius 2 is 2.28 bits per heavy atom. The maximum absolute atomic E-state index is 12.0. The quantitative estimate of drug-likeness (QED) is 0.903. The largest absolute Gasteiger partial charge is 0.433 e. The molecule has 1 aromatic heterocycles. The van der Waals surface area contributed by atoms with Gasteiger partial charge >= 0.3 is 6.61 Å². The number of thiazole rings is 1. The first-order chi connectivity index (χ1) is 8.65. The first-order valence-corrected chi connectivity index (χ1v) is 6.26. The molecule has 0 amide bonds. The van der Waals surface area contributed by atoms with Gasteiger partial charge in [0.1, 0.15) is 5.75 Å². The van der Waals surface area contributed by atoms with Gasteiger partial charge in [0.25, 0.3) is 0 Å². The molecule has 1 N–H and O–H groups in total. The molecule has 0 bridgehead atoms. The van der Waals surface area contributed by atoms with Crippen LogP contribution in [0.15, 0.2) is 29.9 Å². The molecule has 0 fully saturated rings. The van der Waals surface area contributed by atoms with Crippen LogP contribution in [0.5, 0.6) is 5.75 Å². The normalized spacial score (nSPS) is 10.7. The summed E-state index contributed by atoms with van der Waals surface area (Å²) in [6.07, 6.45) is 1.76. The second kappa shape index (κ2) is 5.97. The standard InChI is InChI=1S/C11H9ClF2N2OS/c12-9-3-7(1-2-10(9)17-11(13)14)16-5-8-4-15-6-18-8/h1-4,6,11,16H,5H2. The summed E-state index contributed by atoms with van der Waals surface area (Å²) in [7, 11) is 0. The minimum absolute atomic E-state index is 0.0324. The van der Waals surface area contributed by atoms with E-state index in [-0.39, 0.29) is 10.8 Å². The summed E-state index contributed by atoms with van der Waals surface area (Å²) in [4.78, 5) is 5.02. The summed E-state index contributed by atoms with van der Waals surface area (Å²) >= 11 is 7.35. The highest BCUT2D eigenvalue weighted by atomic mass is 35.5. The van der Waals surface area contributed by atoms with Crippen LogP contribution >= 0.6 is 22.9 Å². The monoisotopic (exact) mass is 290 g/mol. The first-order valence-electron chi connectivity index (χ1n) is 5.01. The predicted molar refractivity (Wildman–Crippen MR) is 67.5 cm³/mol. The van der Waals surface area contributed by atoms with Gasteiger partial charge in [-0.2, -0.15) is 8.78 Å². The highest BCUT2D eigenvalue weighted by Crippen LogP contribution is 2.29. The van der Waals surface area contributed by atoms with Crippen molar-refractivity contribution in [3.05, 3.63) is 39.8 Å². The molecule has 0 saturated carbocycles. The molecule has 96 valence electrons. The zero-order valence-corrected chi connectivity index (χ0v) is 10.6. The van der Waals surface area contributed by atoms with Crippen molar-refractivity contribution in [3.63, 3.8) is 0 Å². The van der Waals surface area contributed by atoms with Crippen molar-refractivity contribution in [2.75, 3.05) is 5.32 Å². The Balaban J connectivity index is 2.00. The lowest BCUT2D eigenvalue weighted by Gasteiger charge is -2.09. The average molecular weight is 291 g/mol. The summed E-state index contributed by atoms with van der Waals surface area (Å²) in [5, 5.41) is 3.25. The fourth-order valence-corrected chi connectivity index (χ4v) is 2.08. The molecule has 0 spiro atoms. The zero-order valence-electron chi connectivity index (χ0n) is 9.07. The van der Waals surface area contributed by atoms with Crippen LogP contribution in [-0.2, 0) is 6.54 Å². The first kappa shape index (κ1) is 13.0. The molecule has 18 heavy (non-hydrogen) atoms. The molecule has 0 unspecified atom stereocenters. The molecule has 0 aliphatic heterocycles. The van der Waals surface area contributed by atoms with E-state index in [1.807, 2.05) is 0 Å². The van der Waals surface area contributed by atoms with Crippen LogP contribution in [0.1, 0.15) is 4.88 Å². The zero-order chi connectivity index (χ0) is 13.0. The van der Waals surface area contributed by atoms with Gasteiger partial charge in [0.2, 0.25) is 0 Å². The van der Waals surface area contributed by atoms with Gasteiger partial charge in [-0.25, -0.2) is 0 Å². The Bertz CT molecular complexity index is 508. The van der Waals surface area contributed by atoms with Gasteiger partial charge in [-0.3, -0.25) is 4.98 Å². The third-order valence-electron chi connectivity index (χ3n) is 2.10. The number of halogens is 3. The maximum Gasteiger partial charge on any atom is 0.387 e. The Hall–Kier alpha value is -1.40. The number of nitrogens with zero attached hydrogens (tertiary/aromatic N) is 1. The van der Waals surface area contributed by atoms with Crippen molar-refractivity contribution in [1.29, 1.82) is 0 Å². The average Bonchev–Trinajstić information content (AvgIpc) is 2.82. The maximum atomic E-state index is 12.0. The number of hydrogen-bond donors (Lipinski definition) is 1. The Morgan fingerprint density at radius 1 is 1.44 bits per heavy atom. The number of aromatic nitrogens is 1. The minimum atomic E-state index is -2.88. The van der Waals surface area contributed by atoms with E-state index in [2.05, 4.69) is 15.0 Å². The van der Waals surface area contributed by atoms with E-state index in [4.69, 9.17) is 11.6 Å². The smallest absolute Gasteiger partial charge is 0.387 e. The molecule has 0 radical (unpaired) electrons. The highest BCUT2D eigenvalue weighted by molar-refractivity contribution is 7.09. The van der Waals surface area contributed by atoms with Crippen LogP contribution < -0.4 is 10.1 Å². The summed E-state index contributed by atoms with van der Waals surface area (Å²) in [5.41, 5.74) is 2.47. The van der Waals surface area contributed by atoms with E-state index in [0.717, 1.165) is 10.6 Å². The van der Waals surface area contributed by atoms with Crippen LogP contribution in [0.25, 0.3) is 0 Å². The minimum Gasteiger partial charge on any atom is -0.433 e. The summed E-state index contributed by atoms with van der Waals surface area (Å²) in [6, 6.07) is 4.58. The van der Waals surface area contributed by atoms with E-state index in [9.17, 15) is 8.78 Å². The van der Waals surface area contributed by atoms with Crippen molar-refractivity contribution in [1.82, 2.24) is 4.98 Å². The third-order valence-corrected chi connectivity index (χ3v) is 3.17. The van der Waals surface area contributed by atoms with E-state index >= 15 is 0 Å². The molecule has 2 rings (SSSR count). The van der Waals surface area contributed by atoms with Crippen molar-refractivity contribution >= 4 is 28.6 Å². The Morgan fingerprint density at radius 3 is 2.89 bits per heavy atom. The number of ether oxygens (including phenoxy) is 1. The van der Waals surface area contributed by atoms with E-state index in [0.29, 0.717) is 6.54 Å². The second-order valence-electron chi connectivity index (χ2n) is 3.35. The number of anilines is 1. The number of rotatable bonds is 5. The number of nitrogens with one attached hydrogen (secondary N) is 1. The van der Waals surface area contributed by atoms with Crippen LogP contribution in [0.3, 0.4) is 0 Å².